The first-order valence-corrected chi connectivity index (χ1v) is 7.20. The first kappa shape index (κ1) is 15.0. The van der Waals surface area contributed by atoms with Crippen molar-refractivity contribution in [3.63, 3.8) is 0 Å². The fourth-order valence-electron chi connectivity index (χ4n) is 2.13. The lowest BCUT2D eigenvalue weighted by molar-refractivity contribution is 0.404. The fourth-order valence-corrected chi connectivity index (χ4v) is 2.54. The number of hydrogen-bond donors (Lipinski definition) is 2. The summed E-state index contributed by atoms with van der Waals surface area (Å²) in [6, 6.07) is 12.0. The third kappa shape index (κ3) is 4.03. The van der Waals surface area contributed by atoms with Crippen molar-refractivity contribution in [2.45, 2.75) is 18.9 Å². The summed E-state index contributed by atoms with van der Waals surface area (Å²) in [5, 5.41) is 0. The van der Waals surface area contributed by atoms with E-state index >= 15 is 0 Å². The Balaban J connectivity index is 2.12. The molecule has 1 atom stereocenters. The minimum absolute atomic E-state index is 0.105. The quantitative estimate of drug-likeness (QED) is 0.628. The van der Waals surface area contributed by atoms with E-state index in [-0.39, 0.29) is 6.04 Å². The van der Waals surface area contributed by atoms with Crippen molar-refractivity contribution in [2.24, 2.45) is 5.84 Å². The van der Waals surface area contributed by atoms with Crippen LogP contribution in [-0.2, 0) is 12.8 Å². The van der Waals surface area contributed by atoms with Crippen LogP contribution in [0.2, 0.25) is 0 Å². The van der Waals surface area contributed by atoms with Gasteiger partial charge in [-0.05, 0) is 42.3 Å². The average Bonchev–Trinajstić information content (AvgIpc) is 2.48. The number of rotatable bonds is 6. The Bertz CT molecular complexity index is 548. The smallest absolute Gasteiger partial charge is 0.122 e. The number of nitrogens with two attached hydrogens (primary N) is 1. The van der Waals surface area contributed by atoms with Gasteiger partial charge in [0.25, 0.3) is 0 Å². The SMILES string of the molecule is COc1ccc(Br)cc1CC(Cc1ccccn1)NN. The summed E-state index contributed by atoms with van der Waals surface area (Å²) in [4.78, 5) is 4.33. The molecule has 2 rings (SSSR count). The molecule has 0 bridgehead atoms. The highest BCUT2D eigenvalue weighted by Crippen LogP contribution is 2.24. The summed E-state index contributed by atoms with van der Waals surface area (Å²) in [5.74, 6) is 6.54. The van der Waals surface area contributed by atoms with Crippen LogP contribution in [0.25, 0.3) is 0 Å². The second-order valence-corrected chi connectivity index (χ2v) is 5.46. The Kier molecular flexibility index (Phi) is 5.52. The number of nitrogens with zero attached hydrogens (tertiary/aromatic N) is 1. The Morgan fingerprint density at radius 3 is 2.80 bits per heavy atom. The van der Waals surface area contributed by atoms with E-state index in [9.17, 15) is 0 Å². The zero-order chi connectivity index (χ0) is 14.4. The van der Waals surface area contributed by atoms with Crippen LogP contribution in [0, 0.1) is 0 Å². The first-order chi connectivity index (χ1) is 9.72. The number of benzene rings is 1. The Labute approximate surface area is 127 Å². The van der Waals surface area contributed by atoms with Crippen molar-refractivity contribution < 1.29 is 4.74 Å². The Morgan fingerprint density at radius 1 is 1.30 bits per heavy atom. The summed E-state index contributed by atoms with van der Waals surface area (Å²) in [6.07, 6.45) is 3.34. The number of aromatic nitrogens is 1. The third-order valence-electron chi connectivity index (χ3n) is 3.13. The third-order valence-corrected chi connectivity index (χ3v) is 3.62. The van der Waals surface area contributed by atoms with Crippen LogP contribution in [0.3, 0.4) is 0 Å². The summed E-state index contributed by atoms with van der Waals surface area (Å²) in [5.41, 5.74) is 4.99. The van der Waals surface area contributed by atoms with Crippen LogP contribution in [-0.4, -0.2) is 18.1 Å². The van der Waals surface area contributed by atoms with Crippen molar-refractivity contribution in [2.75, 3.05) is 7.11 Å². The van der Waals surface area contributed by atoms with E-state index in [0.29, 0.717) is 0 Å². The molecule has 0 spiro atoms. The maximum absolute atomic E-state index is 5.67. The minimum Gasteiger partial charge on any atom is -0.496 e. The molecular formula is C15H18BrN3O. The molecule has 106 valence electrons. The van der Waals surface area contributed by atoms with E-state index in [1.165, 1.54) is 0 Å². The topological polar surface area (TPSA) is 60.2 Å². The van der Waals surface area contributed by atoms with Gasteiger partial charge in [-0.25, -0.2) is 0 Å². The maximum atomic E-state index is 5.67. The number of hydrazine groups is 1. The zero-order valence-corrected chi connectivity index (χ0v) is 12.9. The van der Waals surface area contributed by atoms with Gasteiger partial charge in [0.15, 0.2) is 0 Å². The van der Waals surface area contributed by atoms with Gasteiger partial charge in [-0.3, -0.25) is 16.3 Å². The van der Waals surface area contributed by atoms with Crippen molar-refractivity contribution in [3.8, 4) is 5.75 Å². The summed E-state index contributed by atoms with van der Waals surface area (Å²) in [6.45, 7) is 0. The number of pyridine rings is 1. The number of ether oxygens (including phenoxy) is 1. The highest BCUT2D eigenvalue weighted by atomic mass is 79.9. The van der Waals surface area contributed by atoms with E-state index in [0.717, 1.165) is 34.3 Å². The van der Waals surface area contributed by atoms with Gasteiger partial charge in [0.2, 0.25) is 0 Å². The molecule has 0 amide bonds. The van der Waals surface area contributed by atoms with Crippen LogP contribution >= 0.6 is 15.9 Å². The van der Waals surface area contributed by atoms with Crippen molar-refractivity contribution in [1.29, 1.82) is 0 Å². The molecule has 0 radical (unpaired) electrons. The zero-order valence-electron chi connectivity index (χ0n) is 11.3. The van der Waals surface area contributed by atoms with Gasteiger partial charge >= 0.3 is 0 Å². The highest BCUT2D eigenvalue weighted by molar-refractivity contribution is 9.10. The largest absolute Gasteiger partial charge is 0.496 e. The molecule has 1 aromatic heterocycles. The van der Waals surface area contributed by atoms with E-state index in [2.05, 4.69) is 32.4 Å². The molecule has 1 heterocycles. The molecule has 4 nitrogen and oxygen atoms in total. The summed E-state index contributed by atoms with van der Waals surface area (Å²) in [7, 11) is 1.68. The van der Waals surface area contributed by atoms with Crippen LogP contribution in [0.1, 0.15) is 11.3 Å². The highest BCUT2D eigenvalue weighted by Gasteiger charge is 2.13. The maximum Gasteiger partial charge on any atom is 0.122 e. The normalized spacial score (nSPS) is 12.2. The van der Waals surface area contributed by atoms with E-state index in [4.69, 9.17) is 10.6 Å². The first-order valence-electron chi connectivity index (χ1n) is 6.41. The Morgan fingerprint density at radius 2 is 2.15 bits per heavy atom. The molecule has 1 unspecified atom stereocenters. The summed E-state index contributed by atoms with van der Waals surface area (Å²) >= 11 is 3.48. The van der Waals surface area contributed by atoms with Crippen LogP contribution in [0.4, 0.5) is 0 Å². The second kappa shape index (κ2) is 7.38. The lowest BCUT2D eigenvalue weighted by Gasteiger charge is -2.17. The molecule has 0 aliphatic carbocycles. The van der Waals surface area contributed by atoms with Gasteiger partial charge in [0.1, 0.15) is 5.75 Å². The van der Waals surface area contributed by atoms with E-state index < -0.39 is 0 Å². The lowest BCUT2D eigenvalue weighted by Crippen LogP contribution is -2.38. The molecule has 1 aromatic carbocycles. The molecular weight excluding hydrogens is 318 g/mol. The lowest BCUT2D eigenvalue weighted by atomic mass is 10.0. The Hall–Kier alpha value is -1.43. The van der Waals surface area contributed by atoms with Crippen molar-refractivity contribution in [1.82, 2.24) is 10.4 Å². The number of nitrogens with one attached hydrogen (secondary N) is 1. The predicted octanol–water partition coefficient (Wildman–Crippen LogP) is 2.47. The van der Waals surface area contributed by atoms with Gasteiger partial charge < -0.3 is 4.74 Å². The number of hydrogen-bond acceptors (Lipinski definition) is 4. The standard InChI is InChI=1S/C15H18BrN3O/c1-20-15-6-5-12(16)8-11(15)9-14(19-17)10-13-4-2-3-7-18-13/h2-8,14,19H,9-10,17H2,1H3. The molecule has 0 saturated heterocycles. The van der Waals surface area contributed by atoms with Gasteiger partial charge in [0.05, 0.1) is 7.11 Å². The van der Waals surface area contributed by atoms with E-state index in [1.807, 2.05) is 30.3 Å². The van der Waals surface area contributed by atoms with Gasteiger partial charge in [-0.1, -0.05) is 22.0 Å². The van der Waals surface area contributed by atoms with Gasteiger partial charge in [-0.15, -0.1) is 0 Å². The van der Waals surface area contributed by atoms with Crippen LogP contribution < -0.4 is 16.0 Å². The fraction of sp³-hybridized carbons (Fsp3) is 0.267. The second-order valence-electron chi connectivity index (χ2n) is 4.55. The van der Waals surface area contributed by atoms with Crippen molar-refractivity contribution >= 4 is 15.9 Å². The number of methoxy groups -OCH3 is 1. The van der Waals surface area contributed by atoms with Gasteiger partial charge in [0, 0.05) is 28.8 Å². The molecule has 0 aliphatic heterocycles. The van der Waals surface area contributed by atoms with Crippen molar-refractivity contribution in [3.05, 3.63) is 58.3 Å². The molecule has 0 fully saturated rings. The average molecular weight is 336 g/mol. The molecule has 20 heavy (non-hydrogen) atoms. The predicted molar refractivity (Wildman–Crippen MR) is 83.5 cm³/mol. The van der Waals surface area contributed by atoms with Crippen LogP contribution in [0.15, 0.2) is 47.1 Å². The van der Waals surface area contributed by atoms with Gasteiger partial charge in [-0.2, -0.15) is 0 Å². The summed E-state index contributed by atoms with van der Waals surface area (Å²) < 4.78 is 6.42. The van der Waals surface area contributed by atoms with E-state index in [1.54, 1.807) is 13.3 Å². The minimum atomic E-state index is 0.105. The van der Waals surface area contributed by atoms with Crippen LogP contribution in [0.5, 0.6) is 5.75 Å². The molecule has 3 N–H and O–H groups in total. The molecule has 0 aliphatic rings. The number of halogens is 1. The monoisotopic (exact) mass is 335 g/mol. The molecule has 2 aromatic rings. The molecule has 0 saturated carbocycles. The molecule has 5 heteroatoms.